The molecule has 0 unspecified atom stereocenters. The van der Waals surface area contributed by atoms with Crippen molar-refractivity contribution in [3.63, 3.8) is 0 Å². The van der Waals surface area contributed by atoms with E-state index < -0.39 is 5.97 Å². The molecule has 0 radical (unpaired) electrons. The van der Waals surface area contributed by atoms with E-state index in [1.807, 2.05) is 33.8 Å². The fraction of sp³-hybridized carbons (Fsp3) is 0.632. The molecule has 0 saturated heterocycles. The first-order valence-electron chi connectivity index (χ1n) is 8.03. The van der Waals surface area contributed by atoms with E-state index >= 15 is 0 Å². The van der Waals surface area contributed by atoms with E-state index in [9.17, 15) is 9.90 Å². The number of hydrogen-bond acceptors (Lipinski definition) is 3. The minimum absolute atomic E-state index is 0. The van der Waals surface area contributed by atoms with Gasteiger partial charge < -0.3 is 9.84 Å². The molecule has 4 heteroatoms. The summed E-state index contributed by atoms with van der Waals surface area (Å²) in [5.41, 5.74) is 1.73. The Hall–Kier alpha value is -0.978. The Bertz CT molecular complexity index is 537. The van der Waals surface area contributed by atoms with E-state index in [0.717, 1.165) is 24.0 Å². The van der Waals surface area contributed by atoms with E-state index in [1.54, 1.807) is 6.07 Å². The highest BCUT2D eigenvalue weighted by atomic mass is 27.0. The third-order valence-electron chi connectivity index (χ3n) is 3.73. The quantitative estimate of drug-likeness (QED) is 0.517. The molecule has 0 amide bonds. The maximum absolute atomic E-state index is 12.3. The second kappa shape index (κ2) is 8.22. The Morgan fingerprint density at radius 1 is 1.09 bits per heavy atom. The molecular weight excluding hydrogens is 303 g/mol. The number of phenolic OH excluding ortho intramolecular Hbond substituents is 1. The van der Waals surface area contributed by atoms with E-state index in [0.29, 0.717) is 6.61 Å². The van der Waals surface area contributed by atoms with Crippen LogP contribution in [0, 0.1) is 0 Å². The molecule has 1 aromatic carbocycles. The monoisotopic (exact) mass is 336 g/mol. The van der Waals surface area contributed by atoms with E-state index in [2.05, 4.69) is 20.8 Å². The van der Waals surface area contributed by atoms with Crippen molar-refractivity contribution in [3.05, 3.63) is 28.8 Å². The Morgan fingerprint density at radius 3 is 2.09 bits per heavy atom. The van der Waals surface area contributed by atoms with Gasteiger partial charge in [-0.25, -0.2) is 4.79 Å². The molecule has 0 aliphatic rings. The number of ether oxygens (including phenoxy) is 1. The minimum Gasteiger partial charge on any atom is -0.507 e. The summed E-state index contributed by atoms with van der Waals surface area (Å²) in [5.74, 6) is -0.399. The summed E-state index contributed by atoms with van der Waals surface area (Å²) in [6.07, 6.45) is 1.80. The van der Waals surface area contributed by atoms with Crippen LogP contribution in [0.4, 0.5) is 0 Å². The lowest BCUT2D eigenvalue weighted by molar-refractivity contribution is 0.0496. The average molecular weight is 336 g/mol. The van der Waals surface area contributed by atoms with Crippen LogP contribution in [0.25, 0.3) is 0 Å². The lowest BCUT2D eigenvalue weighted by Gasteiger charge is -2.27. The standard InChI is InChI=1S/C19H30O3.Al.3H/c1-8-9-10-22-17(21)14-11-13(18(2,3)4)12-15(16(14)20)19(5,6)7;;;;/h11-12,20H,8-10H2,1-7H3;;;;. The topological polar surface area (TPSA) is 46.5 Å². The Morgan fingerprint density at radius 2 is 1.65 bits per heavy atom. The zero-order chi connectivity index (χ0) is 17.1. The smallest absolute Gasteiger partial charge is 0.341 e. The van der Waals surface area contributed by atoms with Crippen LogP contribution in [-0.4, -0.2) is 35.0 Å². The second-order valence-corrected chi connectivity index (χ2v) is 7.91. The van der Waals surface area contributed by atoms with Gasteiger partial charge in [0.25, 0.3) is 0 Å². The second-order valence-electron chi connectivity index (χ2n) is 7.91. The molecule has 0 fully saturated rings. The molecule has 0 heterocycles. The first kappa shape index (κ1) is 22.0. The molecule has 1 N–H and O–H groups in total. The molecule has 130 valence electrons. The van der Waals surface area contributed by atoms with Crippen LogP contribution in [0.15, 0.2) is 12.1 Å². The van der Waals surface area contributed by atoms with Crippen molar-refractivity contribution in [2.75, 3.05) is 6.61 Å². The highest BCUT2D eigenvalue weighted by Gasteiger charge is 2.27. The van der Waals surface area contributed by atoms with Crippen molar-refractivity contribution < 1.29 is 14.6 Å². The highest BCUT2D eigenvalue weighted by molar-refractivity contribution is 5.93. The maximum atomic E-state index is 12.3. The van der Waals surface area contributed by atoms with Gasteiger partial charge in [0.05, 0.1) is 6.61 Å². The number of esters is 1. The molecule has 0 bridgehead atoms. The van der Waals surface area contributed by atoms with Gasteiger partial charge in [-0.15, -0.1) is 0 Å². The molecule has 0 atom stereocenters. The number of carbonyl (C=O) groups is 1. The third kappa shape index (κ3) is 5.86. The van der Waals surface area contributed by atoms with E-state index in [1.165, 1.54) is 0 Å². The molecule has 1 aromatic rings. The largest absolute Gasteiger partial charge is 0.507 e. The summed E-state index contributed by atoms with van der Waals surface area (Å²) in [6.45, 7) is 14.8. The lowest BCUT2D eigenvalue weighted by Crippen LogP contribution is -2.19. The molecule has 0 aliphatic carbocycles. The van der Waals surface area contributed by atoms with Crippen LogP contribution in [0.2, 0.25) is 0 Å². The predicted molar refractivity (Wildman–Crippen MR) is 101 cm³/mol. The number of rotatable bonds is 4. The zero-order valence-corrected chi connectivity index (χ0v) is 15.0. The number of carbonyl (C=O) groups excluding carboxylic acids is 1. The molecule has 23 heavy (non-hydrogen) atoms. The summed E-state index contributed by atoms with van der Waals surface area (Å²) in [6, 6.07) is 3.76. The van der Waals surface area contributed by atoms with Gasteiger partial charge >= 0.3 is 5.97 Å². The molecular formula is C19H33AlO3. The van der Waals surface area contributed by atoms with Crippen LogP contribution in [0.3, 0.4) is 0 Å². The van der Waals surface area contributed by atoms with Crippen LogP contribution in [-0.2, 0) is 15.6 Å². The van der Waals surface area contributed by atoms with Crippen LogP contribution in [0.5, 0.6) is 5.75 Å². The average Bonchev–Trinajstić information content (AvgIpc) is 2.36. The fourth-order valence-corrected chi connectivity index (χ4v) is 2.18. The van der Waals surface area contributed by atoms with Crippen LogP contribution < -0.4 is 0 Å². The van der Waals surface area contributed by atoms with Gasteiger partial charge in [-0.3, -0.25) is 0 Å². The first-order valence-corrected chi connectivity index (χ1v) is 8.03. The molecule has 0 saturated carbocycles. The van der Waals surface area contributed by atoms with Crippen LogP contribution in [0.1, 0.15) is 82.8 Å². The van der Waals surface area contributed by atoms with Crippen molar-refractivity contribution in [1.82, 2.24) is 0 Å². The minimum atomic E-state index is -0.442. The maximum Gasteiger partial charge on any atom is 0.341 e. The number of benzene rings is 1. The molecule has 0 spiro atoms. The van der Waals surface area contributed by atoms with Crippen molar-refractivity contribution in [1.29, 1.82) is 0 Å². The molecule has 0 aliphatic heterocycles. The normalized spacial score (nSPS) is 11.8. The molecule has 3 nitrogen and oxygen atoms in total. The first-order chi connectivity index (χ1) is 9.98. The summed E-state index contributed by atoms with van der Waals surface area (Å²) in [4.78, 5) is 12.3. The molecule has 0 aromatic heterocycles. The summed E-state index contributed by atoms with van der Waals surface area (Å²) in [7, 11) is 0. The highest BCUT2D eigenvalue weighted by Crippen LogP contribution is 2.37. The van der Waals surface area contributed by atoms with Gasteiger partial charge in [-0.05, 0) is 28.9 Å². The number of aromatic hydroxyl groups is 1. The summed E-state index contributed by atoms with van der Waals surface area (Å²) < 4.78 is 5.29. The van der Waals surface area contributed by atoms with Gasteiger partial charge in [-0.2, -0.15) is 0 Å². The third-order valence-corrected chi connectivity index (χ3v) is 3.73. The van der Waals surface area contributed by atoms with E-state index in [4.69, 9.17) is 4.74 Å². The van der Waals surface area contributed by atoms with E-state index in [-0.39, 0.29) is 39.5 Å². The van der Waals surface area contributed by atoms with Crippen molar-refractivity contribution >= 4 is 23.3 Å². The summed E-state index contributed by atoms with van der Waals surface area (Å²) in [5, 5.41) is 10.5. The van der Waals surface area contributed by atoms with Gasteiger partial charge in [-0.1, -0.05) is 61.0 Å². The lowest BCUT2D eigenvalue weighted by atomic mass is 9.79. The number of phenols is 1. The van der Waals surface area contributed by atoms with Crippen molar-refractivity contribution in [2.24, 2.45) is 0 Å². The van der Waals surface area contributed by atoms with Gasteiger partial charge in [0.15, 0.2) is 17.4 Å². The number of unbranched alkanes of at least 4 members (excludes halogenated alkanes) is 1. The van der Waals surface area contributed by atoms with Crippen molar-refractivity contribution in [2.45, 2.75) is 72.1 Å². The predicted octanol–water partition coefficient (Wildman–Crippen LogP) is 3.76. The Kier molecular flexibility index (Phi) is 7.87. The molecule has 1 rings (SSSR count). The zero-order valence-electron chi connectivity index (χ0n) is 15.0. The fourth-order valence-electron chi connectivity index (χ4n) is 2.18. The summed E-state index contributed by atoms with van der Waals surface area (Å²) >= 11 is 0. The Balaban J connectivity index is 0.00000484. The van der Waals surface area contributed by atoms with Gasteiger partial charge in [0.1, 0.15) is 11.3 Å². The van der Waals surface area contributed by atoms with Crippen molar-refractivity contribution in [3.8, 4) is 5.75 Å². The Labute approximate surface area is 151 Å². The number of hydrogen-bond donors (Lipinski definition) is 1. The van der Waals surface area contributed by atoms with Gasteiger partial charge in [0.2, 0.25) is 0 Å². The van der Waals surface area contributed by atoms with Gasteiger partial charge in [0, 0.05) is 5.56 Å². The van der Waals surface area contributed by atoms with Crippen LogP contribution >= 0.6 is 0 Å². The SMILES string of the molecule is CCCCOC(=O)c1cc(C(C)(C)C)cc(C(C)(C)C)c1O.[AlH3].